The van der Waals surface area contributed by atoms with Gasteiger partial charge in [0, 0.05) is 26.0 Å². The molecule has 0 atom stereocenters. The van der Waals surface area contributed by atoms with Crippen LogP contribution < -0.4 is 5.32 Å². The van der Waals surface area contributed by atoms with E-state index in [2.05, 4.69) is 10.3 Å². The molecule has 1 rings (SSSR count). The lowest BCUT2D eigenvalue weighted by molar-refractivity contribution is 0.776. The largest absolute Gasteiger partial charge is 0.265 e. The van der Waals surface area contributed by atoms with E-state index in [4.69, 9.17) is 0 Å². The lowest BCUT2D eigenvalue weighted by Crippen LogP contribution is -2.02. The van der Waals surface area contributed by atoms with Crippen LogP contribution in [0.5, 0.6) is 0 Å². The molecular formula is C8H11N2. The predicted molar refractivity (Wildman–Crippen MR) is 40.9 cm³/mol. The maximum Gasteiger partial charge on any atom is 0.0270 e. The first-order valence-corrected chi connectivity index (χ1v) is 3.38. The van der Waals surface area contributed by atoms with Crippen molar-refractivity contribution in [3.05, 3.63) is 30.1 Å². The van der Waals surface area contributed by atoms with E-state index in [1.165, 1.54) is 5.56 Å². The van der Waals surface area contributed by atoms with Crippen LogP contribution in [0.2, 0.25) is 0 Å². The Kier molecular flexibility index (Phi) is 2.90. The second-order valence-electron chi connectivity index (χ2n) is 2.15. The minimum atomic E-state index is 0.907. The molecule has 0 fully saturated rings. The molecule has 53 valence electrons. The highest BCUT2D eigenvalue weighted by Gasteiger charge is 1.88. The molecule has 0 saturated carbocycles. The first kappa shape index (κ1) is 7.22. The van der Waals surface area contributed by atoms with Crippen LogP contribution in [0.25, 0.3) is 0 Å². The van der Waals surface area contributed by atoms with Crippen molar-refractivity contribution in [2.24, 2.45) is 0 Å². The molecule has 0 saturated heterocycles. The summed E-state index contributed by atoms with van der Waals surface area (Å²) in [6.45, 7) is 0.907. The number of likely N-dealkylation sites (N-methyl/N-ethyl adjacent to an activating group) is 1. The van der Waals surface area contributed by atoms with Crippen molar-refractivity contribution in [3.8, 4) is 0 Å². The van der Waals surface area contributed by atoms with Gasteiger partial charge in [0.25, 0.3) is 0 Å². The summed E-state index contributed by atoms with van der Waals surface area (Å²) in [7, 11) is 1.83. The Bertz CT molecular complexity index is 172. The summed E-state index contributed by atoms with van der Waals surface area (Å²) < 4.78 is 0. The summed E-state index contributed by atoms with van der Waals surface area (Å²) in [5.74, 6) is 0. The number of hydrogen-bond donors (Lipinski definition) is 0. The number of pyridine rings is 1. The van der Waals surface area contributed by atoms with Crippen LogP contribution in [0.4, 0.5) is 0 Å². The summed E-state index contributed by atoms with van der Waals surface area (Å²) in [6.07, 6.45) is 4.65. The van der Waals surface area contributed by atoms with E-state index in [-0.39, 0.29) is 0 Å². The first-order valence-electron chi connectivity index (χ1n) is 3.38. The lowest BCUT2D eigenvalue weighted by atomic mass is 10.2. The molecule has 1 radical (unpaired) electrons. The zero-order chi connectivity index (χ0) is 7.23. The second-order valence-corrected chi connectivity index (χ2v) is 2.15. The third-order valence-electron chi connectivity index (χ3n) is 1.37. The van der Waals surface area contributed by atoms with Gasteiger partial charge in [0.1, 0.15) is 0 Å². The molecule has 10 heavy (non-hydrogen) atoms. The van der Waals surface area contributed by atoms with Crippen molar-refractivity contribution in [2.75, 3.05) is 13.6 Å². The van der Waals surface area contributed by atoms with Crippen LogP contribution >= 0.6 is 0 Å². The Morgan fingerprint density at radius 2 is 2.10 bits per heavy atom. The predicted octanol–water partition coefficient (Wildman–Crippen LogP) is 0.858. The van der Waals surface area contributed by atoms with E-state index in [1.807, 2.05) is 31.6 Å². The van der Waals surface area contributed by atoms with Crippen molar-refractivity contribution in [2.45, 2.75) is 6.42 Å². The van der Waals surface area contributed by atoms with Crippen LogP contribution in [-0.4, -0.2) is 18.6 Å². The highest BCUT2D eigenvalue weighted by atomic mass is 14.8. The highest BCUT2D eigenvalue weighted by molar-refractivity contribution is 5.09. The quantitative estimate of drug-likeness (QED) is 0.603. The van der Waals surface area contributed by atoms with Gasteiger partial charge >= 0.3 is 0 Å². The van der Waals surface area contributed by atoms with Crippen molar-refractivity contribution >= 4 is 0 Å². The van der Waals surface area contributed by atoms with E-state index in [9.17, 15) is 0 Å². The molecule has 0 N–H and O–H groups in total. The van der Waals surface area contributed by atoms with Gasteiger partial charge in [-0.05, 0) is 24.1 Å². The number of hydrogen-bond acceptors (Lipinski definition) is 1. The van der Waals surface area contributed by atoms with Gasteiger partial charge in [-0.1, -0.05) is 0 Å². The third kappa shape index (κ3) is 2.15. The van der Waals surface area contributed by atoms with E-state index < -0.39 is 0 Å². The average Bonchev–Trinajstić information content (AvgIpc) is 2.03. The summed E-state index contributed by atoms with van der Waals surface area (Å²) in [5, 5.41) is 4.01. The molecule has 2 heteroatoms. The lowest BCUT2D eigenvalue weighted by Gasteiger charge is -1.96. The van der Waals surface area contributed by atoms with E-state index in [0.717, 1.165) is 13.0 Å². The van der Waals surface area contributed by atoms with Gasteiger partial charge in [-0.25, -0.2) is 5.32 Å². The molecule has 0 bridgehead atoms. The van der Waals surface area contributed by atoms with Gasteiger partial charge in [-0.3, -0.25) is 4.98 Å². The average molecular weight is 135 g/mol. The number of rotatable bonds is 3. The van der Waals surface area contributed by atoms with Crippen molar-refractivity contribution in [1.29, 1.82) is 0 Å². The van der Waals surface area contributed by atoms with Crippen LogP contribution in [0.15, 0.2) is 24.5 Å². The maximum atomic E-state index is 4.01. The molecule has 0 aromatic carbocycles. The molecule has 1 heterocycles. The highest BCUT2D eigenvalue weighted by Crippen LogP contribution is 1.95. The first-order chi connectivity index (χ1) is 4.93. The SMILES string of the molecule is C[N]CCc1ccncc1. The minimum Gasteiger partial charge on any atom is -0.265 e. The normalized spacial score (nSPS) is 9.70. The van der Waals surface area contributed by atoms with E-state index >= 15 is 0 Å². The van der Waals surface area contributed by atoms with Crippen molar-refractivity contribution < 1.29 is 0 Å². The van der Waals surface area contributed by atoms with Crippen molar-refractivity contribution in [1.82, 2.24) is 10.3 Å². The van der Waals surface area contributed by atoms with Gasteiger partial charge in [0.05, 0.1) is 0 Å². The maximum absolute atomic E-state index is 4.01. The molecule has 0 unspecified atom stereocenters. The standard InChI is InChI=1S/C8H11N2/c1-9-5-2-8-3-6-10-7-4-8/h3-4,6-7H,2,5H2,1H3. The molecule has 2 nitrogen and oxygen atoms in total. The Hall–Kier alpha value is -0.890. The summed E-state index contributed by atoms with van der Waals surface area (Å²) in [5.41, 5.74) is 1.31. The second kappa shape index (κ2) is 4.01. The number of nitrogens with zero attached hydrogens (tertiary/aromatic N) is 2. The monoisotopic (exact) mass is 135 g/mol. The van der Waals surface area contributed by atoms with E-state index in [1.54, 1.807) is 0 Å². The van der Waals surface area contributed by atoms with E-state index in [0.29, 0.717) is 0 Å². The molecular weight excluding hydrogens is 124 g/mol. The fraction of sp³-hybridized carbons (Fsp3) is 0.375. The smallest absolute Gasteiger partial charge is 0.0270 e. The molecule has 0 aliphatic carbocycles. The zero-order valence-electron chi connectivity index (χ0n) is 6.12. The van der Waals surface area contributed by atoms with Crippen LogP contribution in [0, 0.1) is 0 Å². The Morgan fingerprint density at radius 3 is 2.70 bits per heavy atom. The van der Waals surface area contributed by atoms with Gasteiger partial charge < -0.3 is 0 Å². The van der Waals surface area contributed by atoms with Gasteiger partial charge in [-0.15, -0.1) is 0 Å². The Morgan fingerprint density at radius 1 is 1.40 bits per heavy atom. The fourth-order valence-electron chi connectivity index (χ4n) is 0.790. The van der Waals surface area contributed by atoms with Gasteiger partial charge in [0.2, 0.25) is 0 Å². The van der Waals surface area contributed by atoms with Crippen LogP contribution in [-0.2, 0) is 6.42 Å². The summed E-state index contributed by atoms with van der Waals surface area (Å²) >= 11 is 0. The van der Waals surface area contributed by atoms with Crippen LogP contribution in [0.3, 0.4) is 0 Å². The number of aromatic nitrogens is 1. The third-order valence-corrected chi connectivity index (χ3v) is 1.37. The minimum absolute atomic E-state index is 0.907. The molecule has 0 aliphatic heterocycles. The molecule has 0 aliphatic rings. The summed E-state index contributed by atoms with van der Waals surface area (Å²) in [6, 6.07) is 4.04. The Labute approximate surface area is 61.3 Å². The van der Waals surface area contributed by atoms with Crippen molar-refractivity contribution in [3.63, 3.8) is 0 Å². The summed E-state index contributed by atoms with van der Waals surface area (Å²) in [4.78, 5) is 3.92. The molecule has 0 amide bonds. The fourth-order valence-corrected chi connectivity index (χ4v) is 0.790. The molecule has 0 spiro atoms. The molecule has 1 aromatic heterocycles. The Balaban J connectivity index is 2.43. The van der Waals surface area contributed by atoms with Gasteiger partial charge in [-0.2, -0.15) is 0 Å². The molecule has 1 aromatic rings. The topological polar surface area (TPSA) is 27.0 Å². The van der Waals surface area contributed by atoms with Crippen LogP contribution in [0.1, 0.15) is 5.56 Å². The van der Waals surface area contributed by atoms with Gasteiger partial charge in [0.15, 0.2) is 0 Å². The zero-order valence-corrected chi connectivity index (χ0v) is 6.12.